The van der Waals surface area contributed by atoms with Gasteiger partial charge in [0.05, 0.1) is 5.41 Å². The molecular weight excluding hydrogens is 378 g/mol. The smallest absolute Gasteiger partial charge is 0.410 e. The maximum absolute atomic E-state index is 12.6. The average Bonchev–Trinajstić information content (AvgIpc) is 2.65. The van der Waals surface area contributed by atoms with Gasteiger partial charge in [0.2, 0.25) is 0 Å². The topological polar surface area (TPSA) is 66.8 Å². The molecule has 1 aliphatic heterocycles. The molecular formula is C22H34ClNO4. The van der Waals surface area contributed by atoms with E-state index in [0.717, 1.165) is 36.3 Å². The minimum Gasteiger partial charge on any atom is -0.481 e. The number of allylic oxidation sites excluding steroid dienone is 4. The lowest BCUT2D eigenvalue weighted by atomic mass is 9.72. The molecule has 0 spiro atoms. The molecule has 1 N–H and O–H groups in total. The number of likely N-dealkylation sites (tertiary alicyclic amines) is 1. The maximum atomic E-state index is 12.6. The first-order chi connectivity index (χ1) is 13.2. The second-order valence-corrected chi connectivity index (χ2v) is 8.91. The number of amides is 1. The van der Waals surface area contributed by atoms with Crippen molar-refractivity contribution >= 4 is 23.7 Å². The third-order valence-electron chi connectivity index (χ3n) is 6.46. The van der Waals surface area contributed by atoms with Crippen LogP contribution in [0.5, 0.6) is 0 Å². The summed E-state index contributed by atoms with van der Waals surface area (Å²) < 4.78 is 5.75. The normalized spacial score (nSPS) is 20.5. The lowest BCUT2D eigenvalue weighted by Crippen LogP contribution is -2.43. The van der Waals surface area contributed by atoms with Gasteiger partial charge in [0.25, 0.3) is 0 Å². The Labute approximate surface area is 173 Å². The number of hydrogen-bond acceptors (Lipinski definition) is 3. The van der Waals surface area contributed by atoms with Gasteiger partial charge in [-0.05, 0) is 70.8 Å². The Kier molecular flexibility index (Phi) is 7.99. The highest BCUT2D eigenvalue weighted by molar-refractivity contribution is 6.29. The summed E-state index contributed by atoms with van der Waals surface area (Å²) in [4.78, 5) is 26.5. The minimum atomic E-state index is -0.749. The second-order valence-electron chi connectivity index (χ2n) is 8.42. The van der Waals surface area contributed by atoms with Gasteiger partial charge in [-0.1, -0.05) is 37.1 Å². The summed E-state index contributed by atoms with van der Waals surface area (Å²) in [7, 11) is 0. The number of rotatable bonds is 6. The minimum absolute atomic E-state index is 0.274. The predicted molar refractivity (Wildman–Crippen MR) is 111 cm³/mol. The molecule has 28 heavy (non-hydrogen) atoms. The number of ether oxygens (including phenoxy) is 1. The molecule has 1 heterocycles. The third-order valence-corrected chi connectivity index (χ3v) is 6.77. The van der Waals surface area contributed by atoms with E-state index in [1.165, 1.54) is 0 Å². The first-order valence-electron chi connectivity index (χ1n) is 10.5. The van der Waals surface area contributed by atoms with Crippen LogP contribution in [0.1, 0.15) is 78.6 Å². The summed E-state index contributed by atoms with van der Waals surface area (Å²) in [5.74, 6) is -0.727. The molecule has 0 aromatic carbocycles. The molecule has 0 unspecified atom stereocenters. The highest BCUT2D eigenvalue weighted by Crippen LogP contribution is 2.40. The van der Waals surface area contributed by atoms with E-state index in [4.69, 9.17) is 16.3 Å². The van der Waals surface area contributed by atoms with Crippen molar-refractivity contribution in [1.29, 1.82) is 0 Å². The number of carboxylic acids is 1. The van der Waals surface area contributed by atoms with E-state index in [1.54, 1.807) is 4.90 Å². The molecule has 1 aliphatic carbocycles. The van der Waals surface area contributed by atoms with E-state index < -0.39 is 17.0 Å². The summed E-state index contributed by atoms with van der Waals surface area (Å²) in [5.41, 5.74) is -0.0295. The number of hydrogen-bond donors (Lipinski definition) is 1. The quantitative estimate of drug-likeness (QED) is 0.592. The molecule has 0 aromatic rings. The van der Waals surface area contributed by atoms with Crippen LogP contribution in [-0.4, -0.2) is 40.8 Å². The van der Waals surface area contributed by atoms with E-state index >= 15 is 0 Å². The second kappa shape index (κ2) is 9.82. The molecule has 0 saturated carbocycles. The fourth-order valence-corrected chi connectivity index (χ4v) is 4.17. The van der Waals surface area contributed by atoms with Gasteiger partial charge < -0.3 is 14.7 Å². The van der Waals surface area contributed by atoms with Crippen molar-refractivity contribution in [3.05, 3.63) is 22.8 Å². The van der Waals surface area contributed by atoms with Gasteiger partial charge in [-0.25, -0.2) is 4.79 Å². The summed E-state index contributed by atoms with van der Waals surface area (Å²) in [6, 6.07) is 0. The van der Waals surface area contributed by atoms with Crippen LogP contribution in [0.2, 0.25) is 0 Å². The number of carbonyl (C=O) groups excluding carboxylic acids is 1. The first kappa shape index (κ1) is 22.8. The molecule has 158 valence electrons. The number of carboxylic acid groups (broad SMARTS) is 1. The van der Waals surface area contributed by atoms with Crippen molar-refractivity contribution in [2.45, 2.75) is 84.2 Å². The van der Waals surface area contributed by atoms with Gasteiger partial charge in [-0.15, -0.1) is 0 Å². The molecule has 0 atom stereocenters. The van der Waals surface area contributed by atoms with Gasteiger partial charge in [0, 0.05) is 18.1 Å². The SMILES string of the molecule is CCC(C)(CC)OC(=O)N1CCCC(CC2=CC=C(Cl)CC2)(C(=O)O)CCC1. The molecule has 1 saturated heterocycles. The summed E-state index contributed by atoms with van der Waals surface area (Å²) in [6.07, 6.45) is 9.80. The highest BCUT2D eigenvalue weighted by Gasteiger charge is 2.40. The Bertz CT molecular complexity index is 626. The van der Waals surface area contributed by atoms with E-state index in [1.807, 2.05) is 32.9 Å². The van der Waals surface area contributed by atoms with Gasteiger partial charge in [-0.2, -0.15) is 0 Å². The third kappa shape index (κ3) is 5.76. The molecule has 1 fully saturated rings. The summed E-state index contributed by atoms with van der Waals surface area (Å²) in [6.45, 7) is 7.09. The number of nitrogens with zero attached hydrogens (tertiary/aromatic N) is 1. The Hall–Kier alpha value is -1.49. The summed E-state index contributed by atoms with van der Waals surface area (Å²) in [5, 5.41) is 10.8. The molecule has 2 aliphatic rings. The van der Waals surface area contributed by atoms with Crippen LogP contribution in [0.3, 0.4) is 0 Å². The van der Waals surface area contributed by atoms with Crippen molar-refractivity contribution in [1.82, 2.24) is 4.90 Å². The van der Waals surface area contributed by atoms with E-state index in [2.05, 4.69) is 0 Å². The molecule has 1 amide bonds. The Morgan fingerprint density at radius 1 is 1.18 bits per heavy atom. The fraction of sp³-hybridized carbons (Fsp3) is 0.727. The molecule has 0 aromatic heterocycles. The van der Waals surface area contributed by atoms with Crippen LogP contribution < -0.4 is 0 Å². The van der Waals surface area contributed by atoms with Gasteiger partial charge >= 0.3 is 12.1 Å². The van der Waals surface area contributed by atoms with Crippen molar-refractivity contribution in [2.75, 3.05) is 13.1 Å². The zero-order valence-corrected chi connectivity index (χ0v) is 18.2. The first-order valence-corrected chi connectivity index (χ1v) is 10.9. The molecule has 0 bridgehead atoms. The van der Waals surface area contributed by atoms with Crippen LogP contribution in [0.15, 0.2) is 22.8 Å². The number of aliphatic carboxylic acids is 1. The van der Waals surface area contributed by atoms with Crippen LogP contribution in [0, 0.1) is 5.41 Å². The van der Waals surface area contributed by atoms with Crippen LogP contribution in [0.4, 0.5) is 4.79 Å². The Morgan fingerprint density at radius 3 is 2.25 bits per heavy atom. The standard InChI is InChI=1S/C22H34ClNO4/c1-4-21(3,5-2)28-20(27)24-14-6-12-22(19(25)26,13-7-15-24)16-17-8-10-18(23)11-9-17/h8,10H,4-7,9,11-16H2,1-3H3,(H,25,26). The average molecular weight is 412 g/mol. The van der Waals surface area contributed by atoms with Crippen molar-refractivity contribution in [3.63, 3.8) is 0 Å². The molecule has 6 heteroatoms. The van der Waals surface area contributed by atoms with E-state index in [0.29, 0.717) is 45.2 Å². The monoisotopic (exact) mass is 411 g/mol. The molecule has 5 nitrogen and oxygen atoms in total. The lowest BCUT2D eigenvalue weighted by Gasteiger charge is -2.36. The van der Waals surface area contributed by atoms with E-state index in [-0.39, 0.29) is 6.09 Å². The van der Waals surface area contributed by atoms with Crippen molar-refractivity contribution in [2.24, 2.45) is 5.41 Å². The Balaban J connectivity index is 2.01. The maximum Gasteiger partial charge on any atom is 0.410 e. The zero-order chi connectivity index (χ0) is 20.8. The van der Waals surface area contributed by atoms with Gasteiger partial charge in [-0.3, -0.25) is 4.79 Å². The Morgan fingerprint density at radius 2 is 1.79 bits per heavy atom. The highest BCUT2D eigenvalue weighted by atomic mass is 35.5. The number of halogens is 1. The zero-order valence-electron chi connectivity index (χ0n) is 17.4. The fourth-order valence-electron chi connectivity index (χ4n) is 4.01. The lowest BCUT2D eigenvalue weighted by molar-refractivity contribution is -0.150. The van der Waals surface area contributed by atoms with Crippen LogP contribution >= 0.6 is 11.6 Å². The molecule has 0 radical (unpaired) electrons. The predicted octanol–water partition coefficient (Wildman–Crippen LogP) is 5.88. The van der Waals surface area contributed by atoms with Crippen molar-refractivity contribution in [3.8, 4) is 0 Å². The number of carbonyl (C=O) groups is 2. The van der Waals surface area contributed by atoms with Crippen LogP contribution in [0.25, 0.3) is 0 Å². The van der Waals surface area contributed by atoms with Gasteiger partial charge in [0.1, 0.15) is 5.60 Å². The van der Waals surface area contributed by atoms with E-state index in [9.17, 15) is 14.7 Å². The summed E-state index contributed by atoms with van der Waals surface area (Å²) >= 11 is 6.03. The van der Waals surface area contributed by atoms with Crippen molar-refractivity contribution < 1.29 is 19.4 Å². The largest absolute Gasteiger partial charge is 0.481 e. The van der Waals surface area contributed by atoms with Crippen LogP contribution in [-0.2, 0) is 9.53 Å². The van der Waals surface area contributed by atoms with Gasteiger partial charge in [0.15, 0.2) is 0 Å². The molecule has 2 rings (SSSR count).